The number of amides is 2. The zero-order valence-electron chi connectivity index (χ0n) is 12.9. The van der Waals surface area contributed by atoms with Crippen LogP contribution in [-0.2, 0) is 4.79 Å². The van der Waals surface area contributed by atoms with Gasteiger partial charge in [0, 0.05) is 19.6 Å². The van der Waals surface area contributed by atoms with Crippen LogP contribution in [0.5, 0.6) is 0 Å². The number of thiazole rings is 1. The molecule has 0 radical (unpaired) electrons. The lowest BCUT2D eigenvalue weighted by molar-refractivity contribution is -0.121. The Morgan fingerprint density at radius 2 is 2.10 bits per heavy atom. The van der Waals surface area contributed by atoms with E-state index in [2.05, 4.69) is 15.6 Å². The molecule has 1 heterocycles. The predicted octanol–water partition coefficient (Wildman–Crippen LogP) is 1.14. The van der Waals surface area contributed by atoms with E-state index >= 15 is 0 Å². The summed E-state index contributed by atoms with van der Waals surface area (Å²) in [5.41, 5.74) is 5.78. The number of nitrogens with one attached hydrogen (secondary N) is 2. The van der Waals surface area contributed by atoms with Gasteiger partial charge in [-0.25, -0.2) is 4.98 Å². The highest BCUT2D eigenvalue weighted by Crippen LogP contribution is 2.26. The Kier molecular flexibility index (Phi) is 6.41. The molecule has 7 nitrogen and oxygen atoms in total. The van der Waals surface area contributed by atoms with E-state index in [1.807, 2.05) is 20.8 Å². The van der Waals surface area contributed by atoms with Gasteiger partial charge < -0.3 is 21.3 Å². The summed E-state index contributed by atoms with van der Waals surface area (Å²) in [6.45, 7) is 6.53. The number of likely N-dealkylation sites (N-methyl/N-ethyl adjacent to an activating group) is 1. The number of nitrogens with zero attached hydrogens (tertiary/aromatic N) is 2. The Balaban J connectivity index is 2.69. The van der Waals surface area contributed by atoms with Gasteiger partial charge in [-0.3, -0.25) is 9.59 Å². The van der Waals surface area contributed by atoms with Gasteiger partial charge in [-0.1, -0.05) is 18.3 Å². The standard InChI is InChI=1S/C13H23N5O2S/c1-5-6-15-9(19)7-18(4)12(20)10-11(14)17-13(21-10)16-8(2)3/h8H,5-7,14H2,1-4H3,(H,15,19)(H,16,17). The molecule has 21 heavy (non-hydrogen) atoms. The molecule has 1 rings (SSSR count). The van der Waals surface area contributed by atoms with Gasteiger partial charge in [-0.2, -0.15) is 0 Å². The van der Waals surface area contributed by atoms with Crippen LogP contribution in [0, 0.1) is 0 Å². The molecular formula is C13H23N5O2S. The van der Waals surface area contributed by atoms with Gasteiger partial charge in [0.1, 0.15) is 10.7 Å². The van der Waals surface area contributed by atoms with Gasteiger partial charge in [-0.15, -0.1) is 0 Å². The summed E-state index contributed by atoms with van der Waals surface area (Å²) in [6.07, 6.45) is 0.857. The third-order valence-corrected chi connectivity index (χ3v) is 3.55. The number of nitrogen functional groups attached to an aromatic ring is 1. The van der Waals surface area contributed by atoms with Crippen molar-refractivity contribution in [3.05, 3.63) is 4.88 Å². The maximum Gasteiger partial charge on any atom is 0.268 e. The van der Waals surface area contributed by atoms with Crippen molar-refractivity contribution in [1.82, 2.24) is 15.2 Å². The number of anilines is 2. The van der Waals surface area contributed by atoms with Gasteiger partial charge in [0.25, 0.3) is 5.91 Å². The molecule has 0 atom stereocenters. The molecule has 0 saturated heterocycles. The molecule has 0 bridgehead atoms. The molecule has 0 unspecified atom stereocenters. The fourth-order valence-electron chi connectivity index (χ4n) is 1.57. The summed E-state index contributed by atoms with van der Waals surface area (Å²) in [7, 11) is 1.57. The highest BCUT2D eigenvalue weighted by molar-refractivity contribution is 7.18. The molecule has 4 N–H and O–H groups in total. The molecule has 2 amide bonds. The number of rotatable bonds is 7. The lowest BCUT2D eigenvalue weighted by Crippen LogP contribution is -2.38. The van der Waals surface area contributed by atoms with Crippen LogP contribution < -0.4 is 16.4 Å². The molecule has 0 aliphatic heterocycles. The first kappa shape index (κ1) is 17.2. The van der Waals surface area contributed by atoms with Crippen molar-refractivity contribution in [3.8, 4) is 0 Å². The van der Waals surface area contributed by atoms with Crippen molar-refractivity contribution < 1.29 is 9.59 Å². The Morgan fingerprint density at radius 1 is 1.43 bits per heavy atom. The molecule has 0 aliphatic rings. The van der Waals surface area contributed by atoms with Crippen LogP contribution >= 0.6 is 11.3 Å². The first-order valence-corrected chi connectivity index (χ1v) is 7.71. The van der Waals surface area contributed by atoms with E-state index < -0.39 is 0 Å². The molecule has 1 aromatic heterocycles. The number of aromatic nitrogens is 1. The Morgan fingerprint density at radius 3 is 2.67 bits per heavy atom. The summed E-state index contributed by atoms with van der Waals surface area (Å²) < 4.78 is 0. The second-order valence-electron chi connectivity index (χ2n) is 5.04. The maximum atomic E-state index is 12.3. The van der Waals surface area contributed by atoms with Crippen LogP contribution in [0.4, 0.5) is 10.9 Å². The van der Waals surface area contributed by atoms with E-state index in [1.54, 1.807) is 7.05 Å². The van der Waals surface area contributed by atoms with E-state index in [1.165, 1.54) is 16.2 Å². The van der Waals surface area contributed by atoms with Gasteiger partial charge in [-0.05, 0) is 20.3 Å². The second kappa shape index (κ2) is 7.82. The normalized spacial score (nSPS) is 10.5. The minimum atomic E-state index is -0.298. The minimum Gasteiger partial charge on any atom is -0.382 e. The van der Waals surface area contributed by atoms with Gasteiger partial charge in [0.05, 0.1) is 6.54 Å². The van der Waals surface area contributed by atoms with Crippen molar-refractivity contribution in [2.45, 2.75) is 33.2 Å². The molecule has 0 saturated carbocycles. The lowest BCUT2D eigenvalue weighted by atomic mass is 10.4. The zero-order chi connectivity index (χ0) is 16.0. The summed E-state index contributed by atoms with van der Waals surface area (Å²) in [5, 5.41) is 6.44. The smallest absolute Gasteiger partial charge is 0.268 e. The summed E-state index contributed by atoms with van der Waals surface area (Å²) >= 11 is 1.20. The second-order valence-corrected chi connectivity index (χ2v) is 6.04. The van der Waals surface area contributed by atoms with E-state index in [0.717, 1.165) is 6.42 Å². The van der Waals surface area contributed by atoms with Crippen molar-refractivity contribution in [1.29, 1.82) is 0 Å². The average Bonchev–Trinajstić information content (AvgIpc) is 2.75. The quantitative estimate of drug-likeness (QED) is 0.701. The number of carbonyl (C=O) groups excluding carboxylic acids is 2. The Labute approximate surface area is 128 Å². The predicted molar refractivity (Wildman–Crippen MR) is 85.5 cm³/mol. The van der Waals surface area contributed by atoms with Crippen LogP contribution in [0.15, 0.2) is 0 Å². The van der Waals surface area contributed by atoms with Crippen molar-refractivity contribution >= 4 is 34.1 Å². The molecule has 0 fully saturated rings. The summed E-state index contributed by atoms with van der Waals surface area (Å²) in [6, 6.07) is 0.205. The molecule has 118 valence electrons. The highest BCUT2D eigenvalue weighted by atomic mass is 32.1. The van der Waals surface area contributed by atoms with E-state index in [4.69, 9.17) is 5.73 Å². The number of nitrogens with two attached hydrogens (primary N) is 1. The van der Waals surface area contributed by atoms with Crippen LogP contribution in [0.25, 0.3) is 0 Å². The largest absolute Gasteiger partial charge is 0.382 e. The number of carbonyl (C=O) groups is 2. The fourth-order valence-corrected chi connectivity index (χ4v) is 2.60. The van der Waals surface area contributed by atoms with Crippen LogP contribution in [0.1, 0.15) is 36.9 Å². The molecule has 8 heteroatoms. The van der Waals surface area contributed by atoms with Gasteiger partial charge in [0.2, 0.25) is 5.91 Å². The van der Waals surface area contributed by atoms with E-state index in [9.17, 15) is 9.59 Å². The lowest BCUT2D eigenvalue weighted by Gasteiger charge is -2.15. The van der Waals surface area contributed by atoms with Crippen LogP contribution in [0.2, 0.25) is 0 Å². The number of hydrogen-bond donors (Lipinski definition) is 3. The monoisotopic (exact) mass is 313 g/mol. The SMILES string of the molecule is CCCNC(=O)CN(C)C(=O)c1sc(NC(C)C)nc1N. The van der Waals surface area contributed by atoms with Crippen molar-refractivity contribution in [3.63, 3.8) is 0 Å². The van der Waals surface area contributed by atoms with Crippen LogP contribution in [-0.4, -0.2) is 47.9 Å². The first-order chi connectivity index (χ1) is 9.85. The molecule has 0 aliphatic carbocycles. The topological polar surface area (TPSA) is 100 Å². The Bertz CT molecular complexity index is 501. The van der Waals surface area contributed by atoms with E-state index in [0.29, 0.717) is 16.6 Å². The van der Waals surface area contributed by atoms with Crippen LogP contribution in [0.3, 0.4) is 0 Å². The van der Waals surface area contributed by atoms with Gasteiger partial charge >= 0.3 is 0 Å². The first-order valence-electron chi connectivity index (χ1n) is 6.90. The molecular weight excluding hydrogens is 290 g/mol. The third-order valence-electron chi connectivity index (χ3n) is 2.56. The minimum absolute atomic E-state index is 0.00309. The van der Waals surface area contributed by atoms with E-state index in [-0.39, 0.29) is 30.2 Å². The zero-order valence-corrected chi connectivity index (χ0v) is 13.7. The third kappa shape index (κ3) is 5.22. The average molecular weight is 313 g/mol. The van der Waals surface area contributed by atoms with Crippen molar-refractivity contribution in [2.24, 2.45) is 0 Å². The molecule has 0 aromatic carbocycles. The maximum absolute atomic E-state index is 12.3. The van der Waals surface area contributed by atoms with Crippen molar-refractivity contribution in [2.75, 3.05) is 31.2 Å². The molecule has 1 aromatic rings. The summed E-state index contributed by atoms with van der Waals surface area (Å²) in [5.74, 6) is -0.293. The summed E-state index contributed by atoms with van der Waals surface area (Å²) in [4.78, 5) is 29.7. The fraction of sp³-hybridized carbons (Fsp3) is 0.615. The Hall–Kier alpha value is -1.83. The number of hydrogen-bond acceptors (Lipinski definition) is 6. The molecule has 0 spiro atoms. The van der Waals surface area contributed by atoms with Gasteiger partial charge in [0.15, 0.2) is 5.13 Å². The highest BCUT2D eigenvalue weighted by Gasteiger charge is 2.21.